The second-order valence-electron chi connectivity index (χ2n) is 8.76. The van der Waals surface area contributed by atoms with Crippen molar-refractivity contribution in [2.45, 2.75) is 51.9 Å². The molecule has 0 radical (unpaired) electrons. The van der Waals surface area contributed by atoms with Gasteiger partial charge in [-0.2, -0.15) is 0 Å². The molecule has 0 aromatic carbocycles. The van der Waals surface area contributed by atoms with Crippen LogP contribution in [0.2, 0.25) is 0 Å². The highest BCUT2D eigenvalue weighted by Crippen LogP contribution is 2.31. The fourth-order valence-electron chi connectivity index (χ4n) is 4.06. The lowest BCUT2D eigenvalue weighted by atomic mass is 9.89. The first kappa shape index (κ1) is 19.1. The van der Waals surface area contributed by atoms with Crippen LogP contribution in [0.25, 0.3) is 0 Å². The highest BCUT2D eigenvalue weighted by molar-refractivity contribution is 5.83. The van der Waals surface area contributed by atoms with Crippen molar-refractivity contribution in [3.63, 3.8) is 0 Å². The van der Waals surface area contributed by atoms with Crippen molar-refractivity contribution in [2.75, 3.05) is 59.5 Å². The van der Waals surface area contributed by atoms with Crippen LogP contribution in [0.4, 0.5) is 0 Å². The zero-order chi connectivity index (χ0) is 18.1. The smallest absolute Gasteiger partial charge is 0.233 e. The van der Waals surface area contributed by atoms with Gasteiger partial charge in [-0.05, 0) is 47.2 Å². The van der Waals surface area contributed by atoms with E-state index in [2.05, 4.69) is 16.8 Å². The quantitative estimate of drug-likeness (QED) is 0.768. The first-order chi connectivity index (χ1) is 11.8. The minimum Gasteiger partial charge on any atom is -0.349 e. The van der Waals surface area contributed by atoms with Crippen molar-refractivity contribution >= 4 is 5.91 Å². The van der Waals surface area contributed by atoms with E-state index in [0.29, 0.717) is 19.3 Å². The summed E-state index contributed by atoms with van der Waals surface area (Å²) in [5.41, 5.74) is -0.554. The van der Waals surface area contributed by atoms with E-state index in [1.165, 1.54) is 25.8 Å². The van der Waals surface area contributed by atoms with E-state index in [1.54, 1.807) is 0 Å². The number of ether oxygens (including phenoxy) is 2. The molecule has 1 atom stereocenters. The highest BCUT2D eigenvalue weighted by Gasteiger charge is 2.44. The fraction of sp³-hybridized carbons (Fsp3) is 0.947. The Kier molecular flexibility index (Phi) is 5.73. The summed E-state index contributed by atoms with van der Waals surface area (Å²) in [4.78, 5) is 20.0. The first-order valence-corrected chi connectivity index (χ1v) is 9.79. The maximum atomic E-state index is 13.0. The van der Waals surface area contributed by atoms with Crippen LogP contribution in [-0.4, -0.2) is 92.0 Å². The van der Waals surface area contributed by atoms with E-state index in [-0.39, 0.29) is 5.91 Å². The molecular weight excluding hydrogens is 318 g/mol. The number of hydrogen-bond acceptors (Lipinski definition) is 5. The van der Waals surface area contributed by atoms with E-state index >= 15 is 0 Å². The van der Waals surface area contributed by atoms with Gasteiger partial charge in [-0.1, -0.05) is 6.42 Å². The summed E-state index contributed by atoms with van der Waals surface area (Å²) in [5, 5.41) is 0. The Bertz CT molecular complexity index is 465. The molecule has 3 aliphatic rings. The summed E-state index contributed by atoms with van der Waals surface area (Å²) in [5.74, 6) is -0.401. The van der Waals surface area contributed by atoms with Crippen LogP contribution in [0.5, 0.6) is 0 Å². The van der Waals surface area contributed by atoms with Gasteiger partial charge in [-0.3, -0.25) is 9.69 Å². The minimum atomic E-state index is -0.579. The third-order valence-electron chi connectivity index (χ3n) is 6.04. The summed E-state index contributed by atoms with van der Waals surface area (Å²) in [6.45, 7) is 12.6. The Morgan fingerprint density at radius 2 is 1.64 bits per heavy atom. The molecule has 3 rings (SSSR count). The van der Waals surface area contributed by atoms with Crippen molar-refractivity contribution in [3.8, 4) is 0 Å². The number of hydrogen-bond donors (Lipinski definition) is 0. The number of carbonyl (C=O) groups excluding carboxylic acids is 1. The van der Waals surface area contributed by atoms with Crippen molar-refractivity contribution in [3.05, 3.63) is 0 Å². The zero-order valence-electron chi connectivity index (χ0n) is 16.4. The molecule has 1 amide bonds. The topological polar surface area (TPSA) is 45.2 Å². The number of likely N-dealkylation sites (N-methyl/N-ethyl adjacent to an activating group) is 1. The highest BCUT2D eigenvalue weighted by atomic mass is 16.7. The number of piperazine rings is 1. The van der Waals surface area contributed by atoms with Crippen LogP contribution in [0, 0.1) is 5.41 Å². The van der Waals surface area contributed by atoms with E-state index in [0.717, 1.165) is 32.7 Å². The Morgan fingerprint density at radius 3 is 2.24 bits per heavy atom. The SMILES string of the molecule is CN1CCCC[C@@H]1CN1CCN(C(=O)C2(C)COC(C)(C)OC2)CC1. The number of rotatable bonds is 3. The summed E-state index contributed by atoms with van der Waals surface area (Å²) >= 11 is 0. The molecule has 0 spiro atoms. The molecule has 0 N–H and O–H groups in total. The van der Waals surface area contributed by atoms with E-state index < -0.39 is 11.2 Å². The molecular formula is C19H35N3O3. The molecule has 3 aliphatic heterocycles. The van der Waals surface area contributed by atoms with Crippen molar-refractivity contribution in [1.29, 1.82) is 0 Å². The number of nitrogens with zero attached hydrogens (tertiary/aromatic N) is 3. The molecule has 3 saturated heterocycles. The van der Waals surface area contributed by atoms with Gasteiger partial charge in [-0.15, -0.1) is 0 Å². The molecule has 0 aromatic rings. The molecule has 0 aromatic heterocycles. The number of carbonyl (C=O) groups is 1. The van der Waals surface area contributed by atoms with Gasteiger partial charge < -0.3 is 19.3 Å². The van der Waals surface area contributed by atoms with Crippen molar-refractivity contribution in [1.82, 2.24) is 14.7 Å². The second kappa shape index (κ2) is 7.51. The molecule has 3 fully saturated rings. The van der Waals surface area contributed by atoms with Crippen LogP contribution < -0.4 is 0 Å². The standard InChI is InChI=1S/C19H35N3O3/c1-18(2)24-14-19(3,15-25-18)17(23)22-11-9-21(10-12-22)13-16-7-5-6-8-20(16)4/h16H,5-15H2,1-4H3/t16-/m1/s1. The third-order valence-corrected chi connectivity index (χ3v) is 6.04. The number of piperidine rings is 1. The van der Waals surface area contributed by atoms with Gasteiger partial charge in [0.2, 0.25) is 5.91 Å². The van der Waals surface area contributed by atoms with Gasteiger partial charge >= 0.3 is 0 Å². The maximum absolute atomic E-state index is 13.0. The van der Waals surface area contributed by atoms with Gasteiger partial charge in [-0.25, -0.2) is 0 Å². The lowest BCUT2D eigenvalue weighted by Gasteiger charge is -2.45. The normalized spacial score (nSPS) is 31.0. The van der Waals surface area contributed by atoms with Gasteiger partial charge in [0, 0.05) is 38.8 Å². The average Bonchev–Trinajstić information content (AvgIpc) is 2.60. The Balaban J connectivity index is 1.47. The Hall–Kier alpha value is -0.690. The van der Waals surface area contributed by atoms with Crippen LogP contribution in [0.15, 0.2) is 0 Å². The van der Waals surface area contributed by atoms with Crippen LogP contribution in [0.3, 0.4) is 0 Å². The largest absolute Gasteiger partial charge is 0.349 e. The predicted molar refractivity (Wildman–Crippen MR) is 97.4 cm³/mol. The molecule has 0 aliphatic carbocycles. The van der Waals surface area contributed by atoms with Crippen molar-refractivity contribution < 1.29 is 14.3 Å². The first-order valence-electron chi connectivity index (χ1n) is 9.79. The van der Waals surface area contributed by atoms with Crippen LogP contribution in [0.1, 0.15) is 40.0 Å². The van der Waals surface area contributed by atoms with Crippen LogP contribution >= 0.6 is 0 Å². The lowest BCUT2D eigenvalue weighted by molar-refractivity contribution is -0.279. The Labute approximate surface area is 152 Å². The molecule has 25 heavy (non-hydrogen) atoms. The van der Waals surface area contributed by atoms with E-state index in [9.17, 15) is 4.79 Å². The van der Waals surface area contributed by atoms with Crippen LogP contribution in [-0.2, 0) is 14.3 Å². The van der Waals surface area contributed by atoms with E-state index in [4.69, 9.17) is 9.47 Å². The molecule has 0 unspecified atom stereocenters. The molecule has 3 heterocycles. The lowest BCUT2D eigenvalue weighted by Crippen LogP contribution is -2.58. The molecule has 0 bridgehead atoms. The fourth-order valence-corrected chi connectivity index (χ4v) is 4.06. The molecule has 144 valence electrons. The number of amides is 1. The minimum absolute atomic E-state index is 0.178. The van der Waals surface area contributed by atoms with Gasteiger partial charge in [0.05, 0.1) is 18.6 Å². The maximum Gasteiger partial charge on any atom is 0.233 e. The van der Waals surface area contributed by atoms with Gasteiger partial charge in [0.25, 0.3) is 0 Å². The molecule has 6 heteroatoms. The summed E-state index contributed by atoms with van der Waals surface area (Å²) in [7, 11) is 2.25. The summed E-state index contributed by atoms with van der Waals surface area (Å²) in [6, 6.07) is 0.677. The summed E-state index contributed by atoms with van der Waals surface area (Å²) in [6.07, 6.45) is 3.98. The predicted octanol–water partition coefficient (Wildman–Crippen LogP) is 1.40. The average molecular weight is 354 g/mol. The molecule has 0 saturated carbocycles. The third kappa shape index (κ3) is 4.54. The molecule has 6 nitrogen and oxygen atoms in total. The Morgan fingerprint density at radius 1 is 1.00 bits per heavy atom. The van der Waals surface area contributed by atoms with Gasteiger partial charge in [0.15, 0.2) is 5.79 Å². The van der Waals surface area contributed by atoms with Crippen molar-refractivity contribution in [2.24, 2.45) is 5.41 Å². The summed E-state index contributed by atoms with van der Waals surface area (Å²) < 4.78 is 11.5. The second-order valence-corrected chi connectivity index (χ2v) is 8.76. The van der Waals surface area contributed by atoms with E-state index in [1.807, 2.05) is 25.7 Å². The monoisotopic (exact) mass is 353 g/mol. The van der Waals surface area contributed by atoms with Gasteiger partial charge in [0.1, 0.15) is 0 Å². The number of likely N-dealkylation sites (tertiary alicyclic amines) is 1. The zero-order valence-corrected chi connectivity index (χ0v) is 16.4.